The first-order valence-electron chi connectivity index (χ1n) is 10.3. The molecular weight excluding hydrogens is 332 g/mol. The van der Waals surface area contributed by atoms with Gasteiger partial charge in [0.2, 0.25) is 5.91 Å². The fourth-order valence-electron chi connectivity index (χ4n) is 4.22. The topological polar surface area (TPSA) is 65.1 Å². The maximum atomic E-state index is 12.6. The van der Waals surface area contributed by atoms with Crippen molar-refractivity contribution < 1.29 is 14.3 Å². The Kier molecular flexibility index (Phi) is 7.14. The summed E-state index contributed by atoms with van der Waals surface area (Å²) in [5.74, 6) is 0.753. The molecule has 0 aromatic rings. The molecule has 3 amide bonds. The fraction of sp³-hybridized carbons (Fsp3) is 0.895. The molecule has 0 aromatic carbocycles. The first-order valence-corrected chi connectivity index (χ1v) is 10.3. The van der Waals surface area contributed by atoms with Gasteiger partial charge in [-0.1, -0.05) is 6.92 Å². The predicted octanol–water partition coefficient (Wildman–Crippen LogP) is 1.14. The molecule has 1 atom stereocenters. The summed E-state index contributed by atoms with van der Waals surface area (Å²) in [4.78, 5) is 31.0. The summed E-state index contributed by atoms with van der Waals surface area (Å²) in [5, 5.41) is 3.16. The van der Waals surface area contributed by atoms with Gasteiger partial charge in [-0.2, -0.15) is 0 Å². The number of urea groups is 1. The number of likely N-dealkylation sites (tertiary alicyclic amines) is 1. The summed E-state index contributed by atoms with van der Waals surface area (Å²) in [7, 11) is 0. The second kappa shape index (κ2) is 9.55. The number of nitrogens with one attached hydrogen (secondary N) is 1. The maximum absolute atomic E-state index is 12.6. The Morgan fingerprint density at radius 1 is 1.19 bits per heavy atom. The number of carbonyl (C=O) groups is 2. The van der Waals surface area contributed by atoms with Crippen molar-refractivity contribution in [3.05, 3.63) is 0 Å². The lowest BCUT2D eigenvalue weighted by atomic mass is 10.0. The van der Waals surface area contributed by atoms with E-state index in [9.17, 15) is 9.59 Å². The molecule has 0 unspecified atom stereocenters. The van der Waals surface area contributed by atoms with Crippen molar-refractivity contribution in [3.63, 3.8) is 0 Å². The van der Waals surface area contributed by atoms with Gasteiger partial charge in [0.1, 0.15) is 6.54 Å². The summed E-state index contributed by atoms with van der Waals surface area (Å²) in [6.45, 7) is 9.50. The molecule has 7 nitrogen and oxygen atoms in total. The van der Waals surface area contributed by atoms with E-state index in [1.54, 1.807) is 4.90 Å². The minimum atomic E-state index is -0.0701. The van der Waals surface area contributed by atoms with Crippen molar-refractivity contribution >= 4 is 11.9 Å². The van der Waals surface area contributed by atoms with Crippen molar-refractivity contribution in [1.82, 2.24) is 20.0 Å². The van der Waals surface area contributed by atoms with Crippen LogP contribution in [0.5, 0.6) is 0 Å². The van der Waals surface area contributed by atoms with Crippen molar-refractivity contribution in [2.75, 3.05) is 59.0 Å². The highest BCUT2D eigenvalue weighted by Crippen LogP contribution is 2.18. The Morgan fingerprint density at radius 2 is 2.00 bits per heavy atom. The second-order valence-electron chi connectivity index (χ2n) is 7.91. The zero-order valence-corrected chi connectivity index (χ0v) is 16.1. The largest absolute Gasteiger partial charge is 0.381 e. The zero-order chi connectivity index (χ0) is 18.4. The fourth-order valence-corrected chi connectivity index (χ4v) is 4.22. The van der Waals surface area contributed by atoms with Crippen LogP contribution in [0.4, 0.5) is 4.79 Å². The van der Waals surface area contributed by atoms with Crippen molar-refractivity contribution in [1.29, 1.82) is 0 Å². The van der Waals surface area contributed by atoms with Crippen LogP contribution in [0.1, 0.15) is 39.0 Å². The van der Waals surface area contributed by atoms with Gasteiger partial charge in [0.15, 0.2) is 0 Å². The molecule has 3 saturated heterocycles. The average Bonchev–Trinajstić information content (AvgIpc) is 3.07. The van der Waals surface area contributed by atoms with Crippen LogP contribution in [0, 0.1) is 5.92 Å². The molecule has 0 saturated carbocycles. The molecular formula is C19H34N4O3. The Bertz CT molecular complexity index is 473. The molecule has 1 N–H and O–H groups in total. The second-order valence-corrected chi connectivity index (χ2v) is 7.91. The van der Waals surface area contributed by atoms with E-state index in [1.807, 2.05) is 4.90 Å². The van der Waals surface area contributed by atoms with Gasteiger partial charge < -0.3 is 24.8 Å². The molecule has 0 spiro atoms. The van der Waals surface area contributed by atoms with Crippen molar-refractivity contribution in [3.8, 4) is 0 Å². The van der Waals surface area contributed by atoms with Crippen LogP contribution in [0.25, 0.3) is 0 Å². The minimum absolute atomic E-state index is 0.0701. The molecule has 0 aliphatic carbocycles. The highest BCUT2D eigenvalue weighted by Gasteiger charge is 2.28. The SMILES string of the molecule is CCCN1CCCN(C(=O)NC2CCN(C[C@@H]3CCOC3)CC2)CC1=O. The normalized spacial score (nSPS) is 26.2. The van der Waals surface area contributed by atoms with Gasteiger partial charge in [0.05, 0.1) is 6.61 Å². The van der Waals surface area contributed by atoms with E-state index < -0.39 is 0 Å². The van der Waals surface area contributed by atoms with Gasteiger partial charge in [-0.25, -0.2) is 4.79 Å². The van der Waals surface area contributed by atoms with Gasteiger partial charge in [-0.05, 0) is 38.0 Å². The van der Waals surface area contributed by atoms with Gasteiger partial charge in [-0.15, -0.1) is 0 Å². The van der Waals surface area contributed by atoms with Crippen LogP contribution in [0.3, 0.4) is 0 Å². The van der Waals surface area contributed by atoms with Crippen LogP contribution in [-0.2, 0) is 9.53 Å². The third-order valence-corrected chi connectivity index (χ3v) is 5.77. The van der Waals surface area contributed by atoms with Gasteiger partial charge in [0, 0.05) is 51.9 Å². The lowest BCUT2D eigenvalue weighted by molar-refractivity contribution is -0.130. The molecule has 3 aliphatic rings. The van der Waals surface area contributed by atoms with Gasteiger partial charge in [-0.3, -0.25) is 4.79 Å². The molecule has 148 valence electrons. The quantitative estimate of drug-likeness (QED) is 0.793. The molecule has 0 bridgehead atoms. The molecule has 0 aromatic heterocycles. The number of hydrogen-bond donors (Lipinski definition) is 1. The predicted molar refractivity (Wildman–Crippen MR) is 100.0 cm³/mol. The third kappa shape index (κ3) is 5.33. The molecule has 3 aliphatic heterocycles. The van der Waals surface area contributed by atoms with E-state index in [0.29, 0.717) is 12.5 Å². The average molecular weight is 367 g/mol. The first-order chi connectivity index (χ1) is 12.7. The van der Waals surface area contributed by atoms with Crippen molar-refractivity contribution in [2.24, 2.45) is 5.92 Å². The van der Waals surface area contributed by atoms with Crippen LogP contribution >= 0.6 is 0 Å². The monoisotopic (exact) mass is 366 g/mol. The number of amides is 3. The molecule has 3 heterocycles. The van der Waals surface area contributed by atoms with E-state index in [0.717, 1.165) is 71.6 Å². The Morgan fingerprint density at radius 3 is 2.69 bits per heavy atom. The summed E-state index contributed by atoms with van der Waals surface area (Å²) in [5.41, 5.74) is 0. The summed E-state index contributed by atoms with van der Waals surface area (Å²) in [6, 6.07) is 0.156. The van der Waals surface area contributed by atoms with Gasteiger partial charge in [0.25, 0.3) is 0 Å². The lowest BCUT2D eigenvalue weighted by Crippen LogP contribution is -2.51. The summed E-state index contributed by atoms with van der Waals surface area (Å²) < 4.78 is 5.46. The van der Waals surface area contributed by atoms with E-state index in [2.05, 4.69) is 17.1 Å². The standard InChI is InChI=1S/C19H34N4O3/c1-2-7-22-8-3-9-23(14-18(22)24)19(25)20-17-4-10-21(11-5-17)13-16-6-12-26-15-16/h16-17H,2-15H2,1H3,(H,20,25)/t16-/m0/s1. The first kappa shape index (κ1) is 19.4. The van der Waals surface area contributed by atoms with Crippen molar-refractivity contribution in [2.45, 2.75) is 45.1 Å². The molecule has 7 heteroatoms. The Labute approximate surface area is 157 Å². The van der Waals surface area contributed by atoms with Crippen LogP contribution in [-0.4, -0.2) is 91.7 Å². The summed E-state index contributed by atoms with van der Waals surface area (Å²) in [6.07, 6.45) is 4.98. The molecule has 3 rings (SSSR count). The maximum Gasteiger partial charge on any atom is 0.318 e. The van der Waals surface area contributed by atoms with E-state index in [4.69, 9.17) is 4.74 Å². The Balaban J connectivity index is 1.40. The number of ether oxygens (including phenoxy) is 1. The van der Waals surface area contributed by atoms with E-state index in [1.165, 1.54) is 6.42 Å². The summed E-state index contributed by atoms with van der Waals surface area (Å²) >= 11 is 0. The highest BCUT2D eigenvalue weighted by atomic mass is 16.5. The van der Waals surface area contributed by atoms with Crippen LogP contribution < -0.4 is 5.32 Å². The van der Waals surface area contributed by atoms with E-state index in [-0.39, 0.29) is 24.5 Å². The molecule has 0 radical (unpaired) electrons. The number of nitrogens with zero attached hydrogens (tertiary/aromatic N) is 3. The number of carbonyl (C=O) groups excluding carboxylic acids is 2. The smallest absolute Gasteiger partial charge is 0.318 e. The number of rotatable bonds is 5. The molecule has 3 fully saturated rings. The number of piperidine rings is 1. The van der Waals surface area contributed by atoms with Crippen LogP contribution in [0.15, 0.2) is 0 Å². The number of hydrogen-bond acceptors (Lipinski definition) is 4. The zero-order valence-electron chi connectivity index (χ0n) is 16.1. The van der Waals surface area contributed by atoms with Crippen LogP contribution in [0.2, 0.25) is 0 Å². The lowest BCUT2D eigenvalue weighted by Gasteiger charge is -2.34. The third-order valence-electron chi connectivity index (χ3n) is 5.77. The highest BCUT2D eigenvalue weighted by molar-refractivity contribution is 5.84. The van der Waals surface area contributed by atoms with E-state index >= 15 is 0 Å². The minimum Gasteiger partial charge on any atom is -0.381 e. The molecule has 26 heavy (non-hydrogen) atoms. The Hall–Kier alpha value is -1.34. The van der Waals surface area contributed by atoms with Gasteiger partial charge >= 0.3 is 6.03 Å².